The minimum Gasteiger partial charge on any atom is -0.422 e. The van der Waals surface area contributed by atoms with E-state index in [1.54, 1.807) is 0 Å². The molecule has 9 rings (SSSR count). The minimum absolute atomic E-state index is 0.0995. The molecule has 3 aromatic heterocycles. The Morgan fingerprint density at radius 2 is 1.71 bits per heavy atom. The number of allylic oxidation sites excluding steroid dienone is 3. The Balaban J connectivity index is 1.43. The lowest BCUT2D eigenvalue weighted by Crippen LogP contribution is -2.50. The van der Waals surface area contributed by atoms with E-state index < -0.39 is 0 Å². The van der Waals surface area contributed by atoms with Gasteiger partial charge in [-0.2, -0.15) is 9.13 Å². The Morgan fingerprint density at radius 3 is 2.64 bits per heavy atom. The highest BCUT2D eigenvalue weighted by Crippen LogP contribution is 2.39. The van der Waals surface area contributed by atoms with Gasteiger partial charge in [-0.3, -0.25) is 0 Å². The number of aromatic nitrogens is 3. The largest absolute Gasteiger partial charge is 0.422 e. The normalized spacial score (nSPS) is 15.3. The van der Waals surface area contributed by atoms with Crippen LogP contribution in [0.2, 0.25) is 0 Å². The zero-order valence-corrected chi connectivity index (χ0v) is 23.4. The molecule has 6 aromatic rings. The molecule has 0 spiro atoms. The summed E-state index contributed by atoms with van der Waals surface area (Å²) in [5.41, 5.74) is 10.7. The average Bonchev–Trinajstić information content (AvgIpc) is 3.54. The summed E-state index contributed by atoms with van der Waals surface area (Å²) in [6, 6.07) is 32.4. The second-order valence-electron chi connectivity index (χ2n) is 11.1. The number of ether oxygens (including phenoxy) is 1. The van der Waals surface area contributed by atoms with Gasteiger partial charge in [0.25, 0.3) is 18.4 Å². The number of hydrogen-bond donors (Lipinski definition) is 1. The predicted octanol–water partition coefficient (Wildman–Crippen LogP) is 5.15. The summed E-state index contributed by atoms with van der Waals surface area (Å²) in [4.78, 5) is 0. The number of aryl methyl sites for hydroxylation is 1. The van der Waals surface area contributed by atoms with Gasteiger partial charge < -0.3 is 10.1 Å². The van der Waals surface area contributed by atoms with Crippen molar-refractivity contribution >= 4 is 51.5 Å². The van der Waals surface area contributed by atoms with E-state index in [0.717, 1.165) is 45.5 Å². The van der Waals surface area contributed by atoms with Crippen molar-refractivity contribution in [1.29, 1.82) is 0 Å². The molecule has 0 unspecified atom stereocenters. The molecule has 3 aromatic carbocycles. The SMILES string of the molecule is CC=CC=C1NC2=C[n+]3ccccc3-n3c4ccccc4c4ccc([n+](C)c43)Oc3ccc4c(c32)B1c1ccccc1-4. The molecule has 198 valence electrons. The summed E-state index contributed by atoms with van der Waals surface area (Å²) in [5.74, 6) is 2.67. The van der Waals surface area contributed by atoms with Gasteiger partial charge >= 0.3 is 5.65 Å². The fraction of sp³-hybridized carbons (Fsp3) is 0.0556. The lowest BCUT2D eigenvalue weighted by molar-refractivity contribution is -0.652. The van der Waals surface area contributed by atoms with Crippen molar-refractivity contribution in [2.45, 2.75) is 6.92 Å². The molecule has 0 fully saturated rings. The Labute approximate surface area is 244 Å². The first kappa shape index (κ1) is 23.4. The number of benzene rings is 3. The second kappa shape index (κ2) is 8.57. The van der Waals surface area contributed by atoms with Gasteiger partial charge in [0.15, 0.2) is 0 Å². The van der Waals surface area contributed by atoms with Crippen molar-refractivity contribution in [2.24, 2.45) is 7.05 Å². The van der Waals surface area contributed by atoms with E-state index in [1.807, 2.05) is 0 Å². The van der Waals surface area contributed by atoms with Gasteiger partial charge in [0, 0.05) is 23.1 Å². The summed E-state index contributed by atoms with van der Waals surface area (Å²) in [5, 5.41) is 6.26. The third-order valence-corrected chi connectivity index (χ3v) is 8.89. The van der Waals surface area contributed by atoms with E-state index in [-0.39, 0.29) is 6.71 Å². The van der Waals surface area contributed by atoms with Crippen LogP contribution in [0.5, 0.6) is 11.6 Å². The monoisotopic (exact) mass is 542 g/mol. The molecule has 0 aliphatic carbocycles. The highest BCUT2D eigenvalue weighted by molar-refractivity contribution is 6.95. The van der Waals surface area contributed by atoms with E-state index in [9.17, 15) is 0 Å². The summed E-state index contributed by atoms with van der Waals surface area (Å²) in [6.45, 7) is 2.16. The molecule has 0 saturated heterocycles. The zero-order chi connectivity index (χ0) is 27.9. The molecule has 6 heteroatoms. The molecule has 0 atom stereocenters. The quantitative estimate of drug-likeness (QED) is 0.231. The Hall–Kier alpha value is -5.36. The first-order valence-corrected chi connectivity index (χ1v) is 14.4. The van der Waals surface area contributed by atoms with Crippen LogP contribution in [0.4, 0.5) is 0 Å². The maximum absolute atomic E-state index is 6.90. The van der Waals surface area contributed by atoms with Crippen LogP contribution in [0.3, 0.4) is 0 Å². The lowest BCUT2D eigenvalue weighted by Gasteiger charge is -2.28. The van der Waals surface area contributed by atoms with Crippen LogP contribution < -0.4 is 30.1 Å². The van der Waals surface area contributed by atoms with Crippen LogP contribution in [-0.2, 0) is 7.05 Å². The zero-order valence-electron chi connectivity index (χ0n) is 23.4. The first-order chi connectivity index (χ1) is 20.7. The topological polar surface area (TPSA) is 34.0 Å². The summed E-state index contributed by atoms with van der Waals surface area (Å²) < 4.78 is 13.6. The van der Waals surface area contributed by atoms with Crippen molar-refractivity contribution in [1.82, 2.24) is 9.88 Å². The van der Waals surface area contributed by atoms with Crippen molar-refractivity contribution in [2.75, 3.05) is 0 Å². The lowest BCUT2D eigenvalue weighted by atomic mass is 9.38. The van der Waals surface area contributed by atoms with Gasteiger partial charge in [-0.05, 0) is 59.4 Å². The molecule has 0 radical (unpaired) electrons. The number of hydrogen-bond acceptors (Lipinski definition) is 2. The van der Waals surface area contributed by atoms with Crippen LogP contribution in [-0.4, -0.2) is 11.3 Å². The molecule has 2 bridgehead atoms. The third-order valence-electron chi connectivity index (χ3n) is 8.89. The molecule has 42 heavy (non-hydrogen) atoms. The molecular formula is C36H27BN4O+2. The third kappa shape index (κ3) is 3.04. The second-order valence-corrected chi connectivity index (χ2v) is 11.1. The fourth-order valence-electron chi connectivity index (χ4n) is 7.14. The number of rotatable bonds is 1. The molecule has 0 amide bonds. The fourth-order valence-corrected chi connectivity index (χ4v) is 7.14. The van der Waals surface area contributed by atoms with Gasteiger partial charge in [0.2, 0.25) is 0 Å². The van der Waals surface area contributed by atoms with Gasteiger partial charge in [-0.15, -0.1) is 0 Å². The average molecular weight is 542 g/mol. The summed E-state index contributed by atoms with van der Waals surface area (Å²) >= 11 is 0. The minimum atomic E-state index is 0.0995. The van der Waals surface area contributed by atoms with Crippen LogP contribution >= 0.6 is 0 Å². The number of nitrogens with one attached hydrogen (secondary N) is 1. The molecule has 3 aliphatic rings. The maximum atomic E-state index is 6.90. The van der Waals surface area contributed by atoms with Gasteiger partial charge in [-0.1, -0.05) is 72.2 Å². The predicted molar refractivity (Wildman–Crippen MR) is 169 cm³/mol. The molecular weight excluding hydrogens is 515 g/mol. The van der Waals surface area contributed by atoms with Crippen LogP contribution in [0, 0.1) is 0 Å². The number of pyridine rings is 2. The molecule has 6 heterocycles. The van der Waals surface area contributed by atoms with Crippen LogP contribution in [0.15, 0.2) is 121 Å². The van der Waals surface area contributed by atoms with Crippen molar-refractivity contribution in [3.8, 4) is 28.6 Å². The highest BCUT2D eigenvalue weighted by Gasteiger charge is 2.43. The van der Waals surface area contributed by atoms with Crippen molar-refractivity contribution in [3.63, 3.8) is 0 Å². The Bertz CT molecular complexity index is 2240. The van der Waals surface area contributed by atoms with Crippen molar-refractivity contribution in [3.05, 3.63) is 127 Å². The first-order valence-electron chi connectivity index (χ1n) is 14.4. The number of para-hydroxylation sites is 1. The van der Waals surface area contributed by atoms with Crippen LogP contribution in [0.1, 0.15) is 12.5 Å². The van der Waals surface area contributed by atoms with E-state index in [1.165, 1.54) is 32.8 Å². The molecule has 1 N–H and O–H groups in total. The Kier molecular flexibility index (Phi) is 4.77. The maximum Gasteiger partial charge on any atom is 0.300 e. The van der Waals surface area contributed by atoms with E-state index in [0.29, 0.717) is 0 Å². The standard InChI is InChI=1S/C36H27BN4O/c1-3-4-15-31-37-27-13-7-5-11-23(27)25-17-19-30-34(35(25)37)28(38-31)22-40-21-10-9-16-32(40)41-29-14-8-6-12-24(29)26-18-20-33(42-30)39(2)36(26)41/h3-22,38H,1-2H3/q+2. The van der Waals surface area contributed by atoms with Crippen LogP contribution in [0.25, 0.3) is 50.8 Å². The van der Waals surface area contributed by atoms with Gasteiger partial charge in [-0.25, -0.2) is 4.57 Å². The van der Waals surface area contributed by atoms with Gasteiger partial charge in [0.05, 0.1) is 24.3 Å². The van der Waals surface area contributed by atoms with Gasteiger partial charge in [0.1, 0.15) is 17.5 Å². The van der Waals surface area contributed by atoms with E-state index in [4.69, 9.17) is 4.74 Å². The van der Waals surface area contributed by atoms with E-state index >= 15 is 0 Å². The smallest absolute Gasteiger partial charge is 0.300 e. The summed E-state index contributed by atoms with van der Waals surface area (Å²) in [6.07, 6.45) is 10.8. The molecule has 0 saturated carbocycles. The van der Waals surface area contributed by atoms with E-state index in [2.05, 4.69) is 155 Å². The number of fused-ring (bicyclic) bond motifs is 9. The Morgan fingerprint density at radius 1 is 0.857 bits per heavy atom. The highest BCUT2D eigenvalue weighted by atomic mass is 16.5. The molecule has 3 aliphatic heterocycles. The summed E-state index contributed by atoms with van der Waals surface area (Å²) in [7, 11) is 2.10. The number of nitrogens with zero attached hydrogens (tertiary/aromatic N) is 3. The molecule has 5 nitrogen and oxygen atoms in total. The van der Waals surface area contributed by atoms with Crippen molar-refractivity contribution < 1.29 is 13.9 Å².